The van der Waals surface area contributed by atoms with Crippen molar-refractivity contribution in [2.75, 3.05) is 32.7 Å². The molecule has 2 atom stereocenters. The van der Waals surface area contributed by atoms with Crippen LogP contribution in [0.4, 0.5) is 8.78 Å². The van der Waals surface area contributed by atoms with Gasteiger partial charge in [0.25, 0.3) is 5.92 Å². The highest BCUT2D eigenvalue weighted by Crippen LogP contribution is 2.47. The van der Waals surface area contributed by atoms with Gasteiger partial charge in [-0.15, -0.1) is 0 Å². The highest BCUT2D eigenvalue weighted by Gasteiger charge is 2.45. The maximum atomic E-state index is 14.2. The summed E-state index contributed by atoms with van der Waals surface area (Å²) in [6, 6.07) is 6.46. The third kappa shape index (κ3) is 7.85. The Morgan fingerprint density at radius 1 is 1.00 bits per heavy atom. The number of hydrogen-bond acceptors (Lipinski definition) is 6. The zero-order valence-electron chi connectivity index (χ0n) is 26.0. The molecule has 0 unspecified atom stereocenters. The molecule has 6 rings (SSSR count). The van der Waals surface area contributed by atoms with Crippen molar-refractivity contribution in [3.63, 3.8) is 0 Å². The van der Waals surface area contributed by atoms with E-state index in [0.717, 1.165) is 38.0 Å². The van der Waals surface area contributed by atoms with Crippen LogP contribution in [0.2, 0.25) is 5.02 Å². The van der Waals surface area contributed by atoms with Gasteiger partial charge in [0.05, 0.1) is 18.6 Å². The van der Waals surface area contributed by atoms with Crippen LogP contribution in [-0.4, -0.2) is 93.2 Å². The Balaban J connectivity index is 1.10. The van der Waals surface area contributed by atoms with E-state index in [1.54, 1.807) is 11.2 Å². The molecule has 1 aliphatic carbocycles. The van der Waals surface area contributed by atoms with Crippen LogP contribution >= 0.6 is 11.6 Å². The normalized spacial score (nSPS) is 24.9. The van der Waals surface area contributed by atoms with Crippen molar-refractivity contribution in [2.24, 2.45) is 11.3 Å². The summed E-state index contributed by atoms with van der Waals surface area (Å²) in [6.45, 7) is 2.80. The zero-order chi connectivity index (χ0) is 31.4. The van der Waals surface area contributed by atoms with Crippen LogP contribution in [0.3, 0.4) is 0 Å². The number of aromatic nitrogens is 3. The number of carbonyl (C=O) groups excluding carboxylic acids is 2. The van der Waals surface area contributed by atoms with Crippen LogP contribution < -0.4 is 10.6 Å². The summed E-state index contributed by atoms with van der Waals surface area (Å²) in [7, 11) is 0. The molecule has 3 saturated heterocycles. The molecular formula is C33H46ClF2N7O2. The monoisotopic (exact) mass is 645 g/mol. The largest absolute Gasteiger partial charge is 0.341 e. The molecule has 12 heteroatoms. The smallest absolute Gasteiger partial charge is 0.262 e. The van der Waals surface area contributed by atoms with E-state index in [0.29, 0.717) is 43.3 Å². The Labute approximate surface area is 269 Å². The van der Waals surface area contributed by atoms with Gasteiger partial charge in [-0.2, -0.15) is 5.10 Å². The summed E-state index contributed by atoms with van der Waals surface area (Å²) in [5.74, 6) is -2.34. The van der Waals surface area contributed by atoms with Gasteiger partial charge in [-0.05, 0) is 74.0 Å². The van der Waals surface area contributed by atoms with E-state index in [1.165, 1.54) is 32.1 Å². The van der Waals surface area contributed by atoms with E-state index < -0.39 is 31.0 Å². The molecule has 0 spiro atoms. The lowest BCUT2D eigenvalue weighted by Gasteiger charge is -2.48. The standard InChI is InChI=1S/C33H46ClF2N7O2/c34-26-8-6-24(7-9-26)18-28(40-27-10-14-41(15-11-27)31(45)29-19-33(35,36)20-38-29)30(44)42-16-12-32(13-17-42,21-43-23-37-22-39-43)25-4-2-1-3-5-25/h6-9,22-23,25,27-29,38,40H,1-5,10-21H2/t28-,29+/m1/s1. The van der Waals surface area contributed by atoms with Gasteiger partial charge in [0, 0.05) is 50.2 Å². The molecular weight excluding hydrogens is 600 g/mol. The topological polar surface area (TPSA) is 95.4 Å². The average molecular weight is 646 g/mol. The maximum Gasteiger partial charge on any atom is 0.262 e. The summed E-state index contributed by atoms with van der Waals surface area (Å²) in [5, 5.41) is 11.4. The van der Waals surface area contributed by atoms with Gasteiger partial charge in [-0.25, -0.2) is 13.8 Å². The van der Waals surface area contributed by atoms with Crippen molar-refractivity contribution < 1.29 is 18.4 Å². The molecule has 3 aliphatic heterocycles. The first kappa shape index (κ1) is 32.3. The Morgan fingerprint density at radius 3 is 2.33 bits per heavy atom. The van der Waals surface area contributed by atoms with Gasteiger partial charge in [-0.1, -0.05) is 43.0 Å². The van der Waals surface area contributed by atoms with Gasteiger partial charge in [-0.3, -0.25) is 19.6 Å². The van der Waals surface area contributed by atoms with Gasteiger partial charge in [0.15, 0.2) is 0 Å². The van der Waals surface area contributed by atoms with Crippen LogP contribution in [0, 0.1) is 11.3 Å². The number of likely N-dealkylation sites (tertiary alicyclic amines) is 2. The minimum Gasteiger partial charge on any atom is -0.341 e. The van der Waals surface area contributed by atoms with Gasteiger partial charge in [0.2, 0.25) is 11.8 Å². The molecule has 0 bridgehead atoms. The Bertz CT molecular complexity index is 1270. The summed E-state index contributed by atoms with van der Waals surface area (Å²) in [6.07, 6.45) is 13.1. The van der Waals surface area contributed by atoms with Crippen molar-refractivity contribution in [1.29, 1.82) is 0 Å². The van der Waals surface area contributed by atoms with Crippen molar-refractivity contribution in [3.05, 3.63) is 47.5 Å². The van der Waals surface area contributed by atoms with Crippen molar-refractivity contribution in [1.82, 2.24) is 35.2 Å². The number of nitrogens with zero attached hydrogens (tertiary/aromatic N) is 5. The van der Waals surface area contributed by atoms with Crippen molar-refractivity contribution >= 4 is 23.4 Å². The molecule has 246 valence electrons. The van der Waals surface area contributed by atoms with Crippen molar-refractivity contribution in [2.45, 2.75) is 101 Å². The van der Waals surface area contributed by atoms with Crippen LogP contribution in [-0.2, 0) is 22.6 Å². The number of carbonyl (C=O) groups is 2. The van der Waals surface area contributed by atoms with Gasteiger partial charge < -0.3 is 15.1 Å². The van der Waals surface area contributed by atoms with Crippen molar-refractivity contribution in [3.8, 4) is 0 Å². The molecule has 4 aliphatic rings. The van der Waals surface area contributed by atoms with E-state index in [1.807, 2.05) is 40.2 Å². The first-order valence-corrected chi connectivity index (χ1v) is 17.1. The summed E-state index contributed by atoms with van der Waals surface area (Å²) < 4.78 is 29.3. The number of alkyl halides is 2. The first-order valence-electron chi connectivity index (χ1n) is 16.7. The number of piperidine rings is 2. The van der Waals surface area contributed by atoms with E-state index in [-0.39, 0.29) is 23.3 Å². The van der Waals surface area contributed by atoms with Gasteiger partial charge >= 0.3 is 0 Å². The quantitative estimate of drug-likeness (QED) is 0.422. The van der Waals surface area contributed by atoms with Crippen LogP contribution in [0.15, 0.2) is 36.9 Å². The number of rotatable bonds is 9. The number of nitrogens with one attached hydrogen (secondary N) is 2. The molecule has 2 aromatic rings. The molecule has 45 heavy (non-hydrogen) atoms. The van der Waals surface area contributed by atoms with E-state index in [4.69, 9.17) is 11.6 Å². The third-order valence-corrected chi connectivity index (χ3v) is 11.0. The molecule has 2 N–H and O–H groups in total. The van der Waals surface area contributed by atoms with Gasteiger partial charge in [0.1, 0.15) is 12.7 Å². The van der Waals surface area contributed by atoms with Crippen LogP contribution in [0.5, 0.6) is 0 Å². The van der Waals surface area contributed by atoms with E-state index in [9.17, 15) is 18.4 Å². The Kier molecular flexibility index (Phi) is 10.1. The highest BCUT2D eigenvalue weighted by molar-refractivity contribution is 6.30. The fourth-order valence-corrected chi connectivity index (χ4v) is 8.30. The predicted octanol–water partition coefficient (Wildman–Crippen LogP) is 4.31. The zero-order valence-corrected chi connectivity index (χ0v) is 26.7. The second-order valence-corrected chi connectivity index (χ2v) is 14.2. The lowest BCUT2D eigenvalue weighted by Crippen LogP contribution is -2.57. The number of halogens is 3. The Morgan fingerprint density at radius 2 is 1.71 bits per heavy atom. The lowest BCUT2D eigenvalue weighted by molar-refractivity contribution is -0.138. The summed E-state index contributed by atoms with van der Waals surface area (Å²) in [5.41, 5.74) is 1.15. The molecule has 0 radical (unpaired) electrons. The molecule has 1 aromatic carbocycles. The maximum absolute atomic E-state index is 14.2. The number of amides is 2. The van der Waals surface area contributed by atoms with Crippen LogP contribution in [0.25, 0.3) is 0 Å². The average Bonchev–Trinajstić information content (AvgIpc) is 3.71. The van der Waals surface area contributed by atoms with E-state index >= 15 is 0 Å². The fourth-order valence-electron chi connectivity index (χ4n) is 8.18. The highest BCUT2D eigenvalue weighted by atomic mass is 35.5. The lowest BCUT2D eigenvalue weighted by atomic mass is 9.63. The Hall–Kier alpha value is -2.63. The summed E-state index contributed by atoms with van der Waals surface area (Å²) >= 11 is 6.15. The summed E-state index contributed by atoms with van der Waals surface area (Å²) in [4.78, 5) is 35.0. The minimum atomic E-state index is -2.84. The number of benzene rings is 1. The predicted molar refractivity (Wildman–Crippen MR) is 168 cm³/mol. The first-order chi connectivity index (χ1) is 21.7. The molecule has 1 saturated carbocycles. The van der Waals surface area contributed by atoms with Crippen LogP contribution in [0.1, 0.15) is 69.8 Å². The van der Waals surface area contributed by atoms with E-state index in [2.05, 4.69) is 20.7 Å². The fraction of sp³-hybridized carbons (Fsp3) is 0.697. The second-order valence-electron chi connectivity index (χ2n) is 13.8. The molecule has 4 heterocycles. The second kappa shape index (κ2) is 14.0. The SMILES string of the molecule is O=C([C@@H]1CC(F)(F)CN1)N1CCC(N[C@H](Cc2ccc(Cl)cc2)C(=O)N2CCC(Cn3cncn3)(C3CCCCC3)CC2)CC1. The molecule has 1 aromatic heterocycles. The molecule has 9 nitrogen and oxygen atoms in total. The molecule has 2 amide bonds. The number of hydrogen-bond donors (Lipinski definition) is 2. The minimum absolute atomic E-state index is 0.0479. The molecule has 4 fully saturated rings. The third-order valence-electron chi connectivity index (χ3n) is 10.8.